The third kappa shape index (κ3) is 3.61. The van der Waals surface area contributed by atoms with Crippen molar-refractivity contribution >= 4 is 5.69 Å². The largest absolute Gasteiger partial charge is 0.381 e. The first-order valence-corrected chi connectivity index (χ1v) is 7.78. The molecule has 2 aromatic rings. The van der Waals surface area contributed by atoms with Crippen LogP contribution in [0.3, 0.4) is 0 Å². The molecule has 0 radical (unpaired) electrons. The molecule has 0 spiro atoms. The van der Waals surface area contributed by atoms with E-state index >= 15 is 0 Å². The van der Waals surface area contributed by atoms with E-state index in [-0.39, 0.29) is 0 Å². The highest BCUT2D eigenvalue weighted by Gasteiger charge is 2.15. The van der Waals surface area contributed by atoms with Gasteiger partial charge in [0.1, 0.15) is 12.1 Å². The van der Waals surface area contributed by atoms with E-state index in [0.717, 1.165) is 18.1 Å². The Bertz CT molecular complexity index is 534. The van der Waals surface area contributed by atoms with Crippen LogP contribution in [0.25, 0.3) is 5.82 Å². The minimum absolute atomic E-state index is 0.558. The van der Waals surface area contributed by atoms with Gasteiger partial charge in [0.15, 0.2) is 0 Å². The standard InChI is InChI=1S/C16H23N5/c1-2-20-9-3-4-14(7-10-20)19-15-5-6-16(18-12-15)21-11-8-17-13-21/h5-6,8,11-14,19H,2-4,7,9-10H2,1H3. The van der Waals surface area contributed by atoms with Gasteiger partial charge in [-0.3, -0.25) is 4.57 Å². The molecule has 2 aromatic heterocycles. The lowest BCUT2D eigenvalue weighted by Crippen LogP contribution is -2.26. The van der Waals surface area contributed by atoms with E-state index < -0.39 is 0 Å². The van der Waals surface area contributed by atoms with Crippen LogP contribution in [0, 0.1) is 0 Å². The van der Waals surface area contributed by atoms with Crippen molar-refractivity contribution in [2.45, 2.75) is 32.2 Å². The molecule has 1 fully saturated rings. The van der Waals surface area contributed by atoms with Gasteiger partial charge in [-0.05, 0) is 44.5 Å². The summed E-state index contributed by atoms with van der Waals surface area (Å²) in [5, 5.41) is 3.62. The topological polar surface area (TPSA) is 46.0 Å². The Hall–Kier alpha value is -1.88. The van der Waals surface area contributed by atoms with Crippen LogP contribution in [0.15, 0.2) is 37.1 Å². The molecule has 1 saturated heterocycles. The third-order valence-electron chi connectivity index (χ3n) is 4.16. The molecule has 3 rings (SSSR count). The highest BCUT2D eigenvalue weighted by Crippen LogP contribution is 2.17. The SMILES string of the molecule is CCN1CCCC(Nc2ccc(-n3ccnc3)nc2)CC1. The number of hydrogen-bond acceptors (Lipinski definition) is 4. The van der Waals surface area contributed by atoms with Crippen molar-refractivity contribution in [2.24, 2.45) is 0 Å². The fraction of sp³-hybridized carbons (Fsp3) is 0.500. The highest BCUT2D eigenvalue weighted by molar-refractivity contribution is 5.44. The van der Waals surface area contributed by atoms with E-state index in [4.69, 9.17) is 0 Å². The monoisotopic (exact) mass is 285 g/mol. The van der Waals surface area contributed by atoms with Crippen molar-refractivity contribution in [3.63, 3.8) is 0 Å². The van der Waals surface area contributed by atoms with E-state index in [1.165, 1.54) is 32.4 Å². The molecule has 0 bridgehead atoms. The summed E-state index contributed by atoms with van der Waals surface area (Å²) in [6.45, 7) is 5.82. The Balaban J connectivity index is 1.60. The van der Waals surface area contributed by atoms with Gasteiger partial charge in [0.25, 0.3) is 0 Å². The zero-order valence-corrected chi connectivity index (χ0v) is 12.6. The first kappa shape index (κ1) is 14.1. The van der Waals surface area contributed by atoms with Gasteiger partial charge < -0.3 is 10.2 Å². The van der Waals surface area contributed by atoms with Crippen molar-refractivity contribution in [2.75, 3.05) is 25.0 Å². The summed E-state index contributed by atoms with van der Waals surface area (Å²) in [6.07, 6.45) is 11.1. The minimum atomic E-state index is 0.558. The summed E-state index contributed by atoms with van der Waals surface area (Å²) in [6, 6.07) is 4.69. The molecule has 1 atom stereocenters. The lowest BCUT2D eigenvalue weighted by molar-refractivity contribution is 0.300. The Kier molecular flexibility index (Phi) is 4.50. The Morgan fingerprint density at radius 2 is 2.24 bits per heavy atom. The molecule has 21 heavy (non-hydrogen) atoms. The Labute approximate surface area is 126 Å². The summed E-state index contributed by atoms with van der Waals surface area (Å²) in [7, 11) is 0. The Morgan fingerprint density at radius 1 is 1.29 bits per heavy atom. The van der Waals surface area contributed by atoms with Crippen LogP contribution in [-0.2, 0) is 0 Å². The average molecular weight is 285 g/mol. The van der Waals surface area contributed by atoms with Crippen LogP contribution >= 0.6 is 0 Å². The Morgan fingerprint density at radius 3 is 2.95 bits per heavy atom. The van der Waals surface area contributed by atoms with Crippen LogP contribution in [0.1, 0.15) is 26.2 Å². The predicted molar refractivity (Wildman–Crippen MR) is 84.7 cm³/mol. The van der Waals surface area contributed by atoms with Gasteiger partial charge >= 0.3 is 0 Å². The fourth-order valence-electron chi connectivity index (χ4n) is 2.87. The summed E-state index contributed by atoms with van der Waals surface area (Å²) < 4.78 is 1.91. The quantitative estimate of drug-likeness (QED) is 0.938. The van der Waals surface area contributed by atoms with Crippen LogP contribution in [0.2, 0.25) is 0 Å². The maximum Gasteiger partial charge on any atom is 0.137 e. The van der Waals surface area contributed by atoms with Crippen LogP contribution < -0.4 is 5.32 Å². The van der Waals surface area contributed by atoms with Crippen molar-refractivity contribution < 1.29 is 0 Å². The van der Waals surface area contributed by atoms with E-state index in [1.54, 1.807) is 12.5 Å². The fourth-order valence-corrected chi connectivity index (χ4v) is 2.87. The van der Waals surface area contributed by atoms with Gasteiger partial charge in [0.05, 0.1) is 11.9 Å². The zero-order chi connectivity index (χ0) is 14.5. The average Bonchev–Trinajstić information content (AvgIpc) is 2.96. The molecule has 5 heteroatoms. The van der Waals surface area contributed by atoms with Gasteiger partial charge in [0.2, 0.25) is 0 Å². The summed E-state index contributed by atoms with van der Waals surface area (Å²) in [5.74, 6) is 0.899. The molecule has 1 aliphatic rings. The molecule has 0 amide bonds. The molecule has 3 heterocycles. The highest BCUT2D eigenvalue weighted by atomic mass is 15.1. The number of hydrogen-bond donors (Lipinski definition) is 1. The van der Waals surface area contributed by atoms with E-state index in [1.807, 2.05) is 23.0 Å². The lowest BCUT2D eigenvalue weighted by Gasteiger charge is -2.19. The maximum absolute atomic E-state index is 4.49. The van der Waals surface area contributed by atoms with Crippen LogP contribution in [0.4, 0.5) is 5.69 Å². The molecule has 0 saturated carbocycles. The van der Waals surface area contributed by atoms with Gasteiger partial charge in [-0.1, -0.05) is 6.92 Å². The second kappa shape index (κ2) is 6.72. The molecule has 5 nitrogen and oxygen atoms in total. The zero-order valence-electron chi connectivity index (χ0n) is 12.6. The molecule has 1 aliphatic heterocycles. The first-order valence-electron chi connectivity index (χ1n) is 7.78. The van der Waals surface area contributed by atoms with Crippen molar-refractivity contribution in [1.82, 2.24) is 19.4 Å². The van der Waals surface area contributed by atoms with Crippen LogP contribution in [0.5, 0.6) is 0 Å². The van der Waals surface area contributed by atoms with E-state index in [9.17, 15) is 0 Å². The summed E-state index contributed by atoms with van der Waals surface area (Å²) in [4.78, 5) is 11.1. The smallest absolute Gasteiger partial charge is 0.137 e. The molecular weight excluding hydrogens is 262 g/mol. The maximum atomic E-state index is 4.49. The molecule has 0 aromatic carbocycles. The number of nitrogens with one attached hydrogen (secondary N) is 1. The lowest BCUT2D eigenvalue weighted by atomic mass is 10.1. The van der Waals surface area contributed by atoms with Gasteiger partial charge in [-0.2, -0.15) is 0 Å². The van der Waals surface area contributed by atoms with E-state index in [0.29, 0.717) is 6.04 Å². The van der Waals surface area contributed by atoms with Crippen molar-refractivity contribution in [1.29, 1.82) is 0 Å². The minimum Gasteiger partial charge on any atom is -0.381 e. The van der Waals surface area contributed by atoms with Gasteiger partial charge in [-0.25, -0.2) is 9.97 Å². The predicted octanol–water partition coefficient (Wildman–Crippen LogP) is 2.55. The second-order valence-corrected chi connectivity index (χ2v) is 5.58. The number of aromatic nitrogens is 3. The normalized spacial score (nSPS) is 20.1. The summed E-state index contributed by atoms with van der Waals surface area (Å²) in [5.41, 5.74) is 1.11. The number of pyridine rings is 1. The number of nitrogens with zero attached hydrogens (tertiary/aromatic N) is 4. The second-order valence-electron chi connectivity index (χ2n) is 5.58. The van der Waals surface area contributed by atoms with Crippen molar-refractivity contribution in [3.05, 3.63) is 37.1 Å². The number of imidazole rings is 1. The van der Waals surface area contributed by atoms with Crippen molar-refractivity contribution in [3.8, 4) is 5.82 Å². The molecular formula is C16H23N5. The summed E-state index contributed by atoms with van der Waals surface area (Å²) >= 11 is 0. The molecule has 112 valence electrons. The van der Waals surface area contributed by atoms with Gasteiger partial charge in [-0.15, -0.1) is 0 Å². The number of rotatable bonds is 4. The molecule has 0 aliphatic carbocycles. The van der Waals surface area contributed by atoms with Crippen LogP contribution in [-0.4, -0.2) is 45.1 Å². The van der Waals surface area contributed by atoms with E-state index in [2.05, 4.69) is 33.2 Å². The third-order valence-corrected chi connectivity index (χ3v) is 4.16. The first-order chi connectivity index (χ1) is 10.3. The molecule has 1 unspecified atom stereocenters. The number of likely N-dealkylation sites (tertiary alicyclic amines) is 1. The van der Waals surface area contributed by atoms with Gasteiger partial charge in [0, 0.05) is 25.0 Å². The molecule has 1 N–H and O–H groups in total. The number of anilines is 1.